The molecule has 1 aliphatic rings. The number of anilines is 3. The highest BCUT2D eigenvalue weighted by atomic mass is 16.5. The number of hydrogen-bond acceptors (Lipinski definition) is 5. The molecule has 8 nitrogen and oxygen atoms in total. The van der Waals surface area contributed by atoms with Crippen molar-refractivity contribution < 1.29 is 23.9 Å². The van der Waals surface area contributed by atoms with Crippen LogP contribution >= 0.6 is 0 Å². The fourth-order valence-corrected chi connectivity index (χ4v) is 3.34. The number of nitrogens with zero attached hydrogens (tertiary/aromatic N) is 1. The summed E-state index contributed by atoms with van der Waals surface area (Å²) in [6, 6.07) is 11.6. The van der Waals surface area contributed by atoms with E-state index >= 15 is 0 Å². The molecule has 2 aromatic carbocycles. The predicted molar refractivity (Wildman–Crippen MR) is 117 cm³/mol. The van der Waals surface area contributed by atoms with E-state index in [4.69, 9.17) is 4.74 Å². The smallest absolute Gasteiger partial charge is 0.268 e. The fraction of sp³-hybridized carbons (Fsp3) is 0.304. The largest absolute Gasteiger partial charge is 0.479 e. The van der Waals surface area contributed by atoms with Crippen LogP contribution < -0.4 is 20.3 Å². The minimum absolute atomic E-state index is 0.0319. The van der Waals surface area contributed by atoms with Gasteiger partial charge in [0, 0.05) is 30.3 Å². The number of nitrogens with one attached hydrogen (secondary N) is 2. The van der Waals surface area contributed by atoms with Gasteiger partial charge in [-0.25, -0.2) is 0 Å². The summed E-state index contributed by atoms with van der Waals surface area (Å²) < 4.78 is 5.65. The second-order valence-corrected chi connectivity index (χ2v) is 7.35. The molecular weight excluding hydrogens is 398 g/mol. The van der Waals surface area contributed by atoms with Crippen LogP contribution in [-0.2, 0) is 14.4 Å². The molecule has 0 aliphatic carbocycles. The number of fused-ring (bicyclic) bond motifs is 1. The molecular formula is C23H25N3O5. The van der Waals surface area contributed by atoms with Crippen molar-refractivity contribution in [3.05, 3.63) is 48.0 Å². The Balaban J connectivity index is 1.81. The van der Waals surface area contributed by atoms with Gasteiger partial charge in [-0.1, -0.05) is 13.0 Å². The van der Waals surface area contributed by atoms with Crippen LogP contribution in [-0.4, -0.2) is 36.2 Å². The summed E-state index contributed by atoms with van der Waals surface area (Å²) in [6.07, 6.45) is 0.363. The lowest BCUT2D eigenvalue weighted by Gasteiger charge is -2.32. The number of hydrogen-bond donors (Lipinski definition) is 2. The van der Waals surface area contributed by atoms with Gasteiger partial charge < -0.3 is 15.4 Å². The number of ether oxygens (including phenoxy) is 1. The Labute approximate surface area is 180 Å². The maximum absolute atomic E-state index is 12.7. The maximum atomic E-state index is 12.7. The first-order valence-corrected chi connectivity index (χ1v) is 10.1. The molecule has 0 saturated carbocycles. The highest BCUT2D eigenvalue weighted by Crippen LogP contribution is 2.35. The summed E-state index contributed by atoms with van der Waals surface area (Å²) in [5, 5.41) is 5.38. The summed E-state index contributed by atoms with van der Waals surface area (Å²) in [7, 11) is 0. The molecule has 0 fully saturated rings. The Morgan fingerprint density at radius 2 is 1.77 bits per heavy atom. The van der Waals surface area contributed by atoms with Crippen molar-refractivity contribution in [1.29, 1.82) is 0 Å². The quantitative estimate of drug-likeness (QED) is 0.665. The molecule has 8 heteroatoms. The van der Waals surface area contributed by atoms with Crippen LogP contribution in [0.4, 0.5) is 17.1 Å². The molecule has 162 valence electrons. The Hall–Kier alpha value is -3.68. The van der Waals surface area contributed by atoms with Crippen molar-refractivity contribution in [2.24, 2.45) is 0 Å². The average Bonchev–Trinajstić information content (AvgIpc) is 2.71. The van der Waals surface area contributed by atoms with Crippen LogP contribution in [0.2, 0.25) is 0 Å². The molecule has 1 aliphatic heterocycles. The van der Waals surface area contributed by atoms with E-state index in [9.17, 15) is 19.2 Å². The molecule has 2 N–H and O–H groups in total. The Morgan fingerprint density at radius 1 is 1.06 bits per heavy atom. The SMILES string of the molecule is CCCC(=O)c1ccc2c(c1)N(CC(=O)Nc1cccc(NC(C)=O)c1)C(=O)C(C)O2. The molecule has 2 aromatic rings. The normalized spacial score (nSPS) is 15.0. The van der Waals surface area contributed by atoms with E-state index in [0.29, 0.717) is 41.2 Å². The van der Waals surface area contributed by atoms with Crippen molar-refractivity contribution in [3.63, 3.8) is 0 Å². The first-order chi connectivity index (χ1) is 14.8. The second-order valence-electron chi connectivity index (χ2n) is 7.35. The summed E-state index contributed by atoms with van der Waals surface area (Å²) in [5.41, 5.74) is 1.90. The predicted octanol–water partition coefficient (Wildman–Crippen LogP) is 3.38. The summed E-state index contributed by atoms with van der Waals surface area (Å²) >= 11 is 0. The van der Waals surface area contributed by atoms with Crippen LogP contribution in [0.15, 0.2) is 42.5 Å². The van der Waals surface area contributed by atoms with Gasteiger partial charge >= 0.3 is 0 Å². The topological polar surface area (TPSA) is 105 Å². The first-order valence-electron chi connectivity index (χ1n) is 10.1. The van der Waals surface area contributed by atoms with Gasteiger partial charge in [-0.05, 0) is 49.7 Å². The van der Waals surface area contributed by atoms with E-state index in [1.807, 2.05) is 6.92 Å². The van der Waals surface area contributed by atoms with Crippen LogP contribution in [0.1, 0.15) is 44.0 Å². The zero-order valence-corrected chi connectivity index (χ0v) is 17.7. The molecule has 0 aromatic heterocycles. The standard InChI is InChI=1S/C23H25N3O5/c1-4-6-20(28)16-9-10-21-19(11-16)26(23(30)14(2)31-21)13-22(29)25-18-8-5-7-17(12-18)24-15(3)27/h5,7-12,14H,4,6,13H2,1-3H3,(H,24,27)(H,25,29). The van der Waals surface area contributed by atoms with Crippen molar-refractivity contribution >= 4 is 40.6 Å². The van der Waals surface area contributed by atoms with Gasteiger partial charge in [0.2, 0.25) is 11.8 Å². The molecule has 1 heterocycles. The van der Waals surface area contributed by atoms with E-state index < -0.39 is 12.0 Å². The van der Waals surface area contributed by atoms with E-state index in [-0.39, 0.29) is 24.1 Å². The minimum Gasteiger partial charge on any atom is -0.479 e. The molecule has 0 saturated heterocycles. The Kier molecular flexibility index (Phi) is 6.69. The molecule has 1 unspecified atom stereocenters. The third-order valence-corrected chi connectivity index (χ3v) is 4.73. The van der Waals surface area contributed by atoms with Gasteiger partial charge in [0.1, 0.15) is 12.3 Å². The molecule has 0 spiro atoms. The number of carbonyl (C=O) groups is 4. The lowest BCUT2D eigenvalue weighted by molar-refractivity contribution is -0.127. The highest BCUT2D eigenvalue weighted by molar-refractivity contribution is 6.07. The highest BCUT2D eigenvalue weighted by Gasteiger charge is 2.33. The van der Waals surface area contributed by atoms with Gasteiger partial charge in [-0.3, -0.25) is 24.1 Å². The number of carbonyl (C=O) groups excluding carboxylic acids is 4. The first kappa shape index (κ1) is 22.0. The number of benzene rings is 2. The number of rotatable bonds is 7. The number of ketones is 1. The van der Waals surface area contributed by atoms with Crippen molar-refractivity contribution in [2.45, 2.75) is 39.7 Å². The lowest BCUT2D eigenvalue weighted by Crippen LogP contribution is -2.47. The van der Waals surface area contributed by atoms with Crippen LogP contribution in [0, 0.1) is 0 Å². The molecule has 31 heavy (non-hydrogen) atoms. The van der Waals surface area contributed by atoms with Gasteiger partial charge in [0.05, 0.1) is 5.69 Å². The minimum atomic E-state index is -0.749. The summed E-state index contributed by atoms with van der Waals surface area (Å²) in [5.74, 6) is -0.592. The molecule has 1 atom stereocenters. The third-order valence-electron chi connectivity index (χ3n) is 4.73. The monoisotopic (exact) mass is 423 g/mol. The van der Waals surface area contributed by atoms with Gasteiger partial charge in [0.15, 0.2) is 11.9 Å². The van der Waals surface area contributed by atoms with Gasteiger partial charge in [0.25, 0.3) is 5.91 Å². The van der Waals surface area contributed by atoms with E-state index in [2.05, 4.69) is 10.6 Å². The molecule has 3 rings (SSSR count). The Morgan fingerprint density at radius 3 is 2.45 bits per heavy atom. The van der Waals surface area contributed by atoms with Crippen LogP contribution in [0.3, 0.4) is 0 Å². The van der Waals surface area contributed by atoms with E-state index in [0.717, 1.165) is 0 Å². The van der Waals surface area contributed by atoms with Crippen molar-refractivity contribution in [1.82, 2.24) is 0 Å². The summed E-state index contributed by atoms with van der Waals surface area (Å²) in [4.78, 5) is 50.3. The second kappa shape index (κ2) is 9.42. The fourth-order valence-electron chi connectivity index (χ4n) is 3.34. The molecule has 3 amide bonds. The third kappa shape index (κ3) is 5.28. The van der Waals surface area contributed by atoms with Crippen molar-refractivity contribution in [3.8, 4) is 5.75 Å². The summed E-state index contributed by atoms with van der Waals surface area (Å²) in [6.45, 7) is 4.69. The van der Waals surface area contributed by atoms with E-state index in [1.54, 1.807) is 49.4 Å². The zero-order chi connectivity index (χ0) is 22.5. The zero-order valence-electron chi connectivity index (χ0n) is 17.7. The van der Waals surface area contributed by atoms with Gasteiger partial charge in [-0.2, -0.15) is 0 Å². The number of Topliss-reactive ketones (excluding diaryl/α,β-unsaturated/α-hetero) is 1. The molecule has 0 radical (unpaired) electrons. The number of amides is 3. The average molecular weight is 423 g/mol. The van der Waals surface area contributed by atoms with Gasteiger partial charge in [-0.15, -0.1) is 0 Å². The van der Waals surface area contributed by atoms with Crippen LogP contribution in [0.25, 0.3) is 0 Å². The Bertz CT molecular complexity index is 1030. The maximum Gasteiger partial charge on any atom is 0.268 e. The molecule has 0 bridgehead atoms. The van der Waals surface area contributed by atoms with Crippen LogP contribution in [0.5, 0.6) is 5.75 Å². The lowest BCUT2D eigenvalue weighted by atomic mass is 10.0. The van der Waals surface area contributed by atoms with E-state index in [1.165, 1.54) is 11.8 Å². The van der Waals surface area contributed by atoms with Crippen molar-refractivity contribution in [2.75, 3.05) is 22.1 Å².